The van der Waals surface area contributed by atoms with Gasteiger partial charge in [-0.15, -0.1) is 0 Å². The van der Waals surface area contributed by atoms with E-state index in [4.69, 9.17) is 4.74 Å². The maximum Gasteiger partial charge on any atom is 0.246 e. The fourth-order valence-electron chi connectivity index (χ4n) is 2.55. The van der Waals surface area contributed by atoms with Gasteiger partial charge in [0.25, 0.3) is 0 Å². The Hall–Kier alpha value is -1.83. The molecule has 1 aliphatic rings. The van der Waals surface area contributed by atoms with Crippen LogP contribution in [-0.2, 0) is 27.8 Å². The molecule has 0 saturated carbocycles. The Balaban J connectivity index is 1.71. The molecule has 1 N–H and O–H groups in total. The van der Waals surface area contributed by atoms with Gasteiger partial charge in [0.05, 0.1) is 12.7 Å². The first-order valence-electron chi connectivity index (χ1n) is 7.09. The largest absolute Gasteiger partial charge is 0.372 e. The van der Waals surface area contributed by atoms with Crippen molar-refractivity contribution in [3.05, 3.63) is 65.2 Å². The van der Waals surface area contributed by atoms with Crippen molar-refractivity contribution in [2.75, 3.05) is 6.54 Å². The first-order chi connectivity index (χ1) is 11.0. The van der Waals surface area contributed by atoms with Gasteiger partial charge in [-0.1, -0.05) is 30.3 Å². The van der Waals surface area contributed by atoms with Gasteiger partial charge in [-0.3, -0.25) is 0 Å². The van der Waals surface area contributed by atoms with Crippen molar-refractivity contribution in [3.8, 4) is 0 Å². The van der Waals surface area contributed by atoms with Gasteiger partial charge in [-0.05, 0) is 23.3 Å². The van der Waals surface area contributed by atoms with Gasteiger partial charge in [0, 0.05) is 13.0 Å². The predicted octanol–water partition coefficient (Wildman–Crippen LogP) is 2.38. The fraction of sp³-hybridized carbons (Fsp3) is 0.250. The predicted molar refractivity (Wildman–Crippen MR) is 80.3 cm³/mol. The lowest BCUT2D eigenvalue weighted by molar-refractivity contribution is 0.0322. The first-order valence-corrected chi connectivity index (χ1v) is 8.58. The lowest BCUT2D eigenvalue weighted by atomic mass is 9.99. The summed E-state index contributed by atoms with van der Waals surface area (Å²) in [6.45, 7) is 0.334. The van der Waals surface area contributed by atoms with E-state index >= 15 is 0 Å². The summed E-state index contributed by atoms with van der Waals surface area (Å²) in [5, 5.41) is 0. The van der Waals surface area contributed by atoms with E-state index in [9.17, 15) is 17.2 Å². The molecule has 4 nitrogen and oxygen atoms in total. The van der Waals surface area contributed by atoms with Crippen LogP contribution in [0, 0.1) is 11.6 Å². The number of ether oxygens (including phenoxy) is 1. The Morgan fingerprint density at radius 1 is 1.04 bits per heavy atom. The number of fused-ring (bicyclic) bond motifs is 1. The number of benzene rings is 2. The van der Waals surface area contributed by atoms with Crippen LogP contribution in [0.1, 0.15) is 11.1 Å². The summed E-state index contributed by atoms with van der Waals surface area (Å²) >= 11 is 0. The van der Waals surface area contributed by atoms with Crippen molar-refractivity contribution in [2.24, 2.45) is 0 Å². The summed E-state index contributed by atoms with van der Waals surface area (Å²) in [6.07, 6.45) is 0.160. The molecule has 0 saturated heterocycles. The molecule has 0 radical (unpaired) electrons. The molecule has 122 valence electrons. The molecule has 0 amide bonds. The Morgan fingerprint density at radius 2 is 1.70 bits per heavy atom. The normalized spacial score (nSPS) is 17.7. The molecular formula is C16H15F2NO3S. The highest BCUT2D eigenvalue weighted by atomic mass is 32.2. The number of halogens is 2. The number of hydrogen-bond donors (Lipinski definition) is 1. The highest BCUT2D eigenvalue weighted by Crippen LogP contribution is 2.21. The highest BCUT2D eigenvalue weighted by molar-refractivity contribution is 7.89. The van der Waals surface area contributed by atoms with Crippen LogP contribution in [0.2, 0.25) is 0 Å². The summed E-state index contributed by atoms with van der Waals surface area (Å²) in [4.78, 5) is -0.962. The third-order valence-electron chi connectivity index (χ3n) is 3.73. The Bertz CT molecular complexity index is 804. The van der Waals surface area contributed by atoms with Crippen molar-refractivity contribution >= 4 is 10.0 Å². The van der Waals surface area contributed by atoms with Crippen molar-refractivity contribution < 1.29 is 21.9 Å². The molecule has 7 heteroatoms. The SMILES string of the molecule is O=S(=O)(NCC1Cc2ccccc2CO1)c1c(F)cccc1F. The van der Waals surface area contributed by atoms with E-state index < -0.39 is 26.6 Å². The number of rotatable bonds is 4. The molecule has 3 rings (SSSR count). The second-order valence-electron chi connectivity index (χ2n) is 5.31. The van der Waals surface area contributed by atoms with Crippen molar-refractivity contribution in [1.29, 1.82) is 0 Å². The number of sulfonamides is 1. The first kappa shape index (κ1) is 16.0. The van der Waals surface area contributed by atoms with E-state index in [2.05, 4.69) is 4.72 Å². The summed E-state index contributed by atoms with van der Waals surface area (Å²) in [6, 6.07) is 10.6. The van der Waals surface area contributed by atoms with Crippen LogP contribution in [0.15, 0.2) is 47.4 Å². The fourth-order valence-corrected chi connectivity index (χ4v) is 3.75. The van der Waals surface area contributed by atoms with Gasteiger partial charge in [-0.2, -0.15) is 0 Å². The van der Waals surface area contributed by atoms with Crippen molar-refractivity contribution in [1.82, 2.24) is 4.72 Å². The molecule has 23 heavy (non-hydrogen) atoms. The molecule has 1 unspecified atom stereocenters. The van der Waals surface area contributed by atoms with Crippen LogP contribution in [0.3, 0.4) is 0 Å². The molecule has 0 aliphatic carbocycles. The minimum absolute atomic E-state index is 0.0511. The number of nitrogens with one attached hydrogen (secondary N) is 1. The van der Waals surface area contributed by atoms with Crippen LogP contribution in [0.4, 0.5) is 8.78 Å². The zero-order chi connectivity index (χ0) is 16.4. The van der Waals surface area contributed by atoms with E-state index in [0.717, 1.165) is 29.3 Å². The van der Waals surface area contributed by atoms with Crippen molar-refractivity contribution in [3.63, 3.8) is 0 Å². The van der Waals surface area contributed by atoms with E-state index in [1.54, 1.807) is 0 Å². The maximum atomic E-state index is 13.6. The van der Waals surface area contributed by atoms with Gasteiger partial charge in [-0.25, -0.2) is 21.9 Å². The summed E-state index contributed by atoms with van der Waals surface area (Å²) < 4.78 is 59.3. The second kappa shape index (κ2) is 6.35. The van der Waals surface area contributed by atoms with Crippen LogP contribution < -0.4 is 4.72 Å². The van der Waals surface area contributed by atoms with Crippen LogP contribution in [0.25, 0.3) is 0 Å². The minimum atomic E-state index is -4.28. The summed E-state index contributed by atoms with van der Waals surface area (Å²) in [7, 11) is -4.28. The quantitative estimate of drug-likeness (QED) is 0.931. The monoisotopic (exact) mass is 339 g/mol. The molecule has 1 atom stereocenters. The van der Waals surface area contributed by atoms with Crippen molar-refractivity contribution in [2.45, 2.75) is 24.0 Å². The third kappa shape index (κ3) is 3.41. The lowest BCUT2D eigenvalue weighted by Crippen LogP contribution is -2.37. The zero-order valence-corrected chi connectivity index (χ0v) is 12.9. The van der Waals surface area contributed by atoms with E-state index in [-0.39, 0.29) is 12.6 Å². The third-order valence-corrected chi connectivity index (χ3v) is 5.20. The Morgan fingerprint density at radius 3 is 2.39 bits per heavy atom. The van der Waals surface area contributed by atoms with E-state index in [0.29, 0.717) is 13.0 Å². The van der Waals surface area contributed by atoms with E-state index in [1.807, 2.05) is 24.3 Å². The average Bonchev–Trinajstić information content (AvgIpc) is 2.52. The molecule has 0 spiro atoms. The van der Waals surface area contributed by atoms with Crippen LogP contribution >= 0.6 is 0 Å². The Kier molecular flexibility index (Phi) is 4.43. The second-order valence-corrected chi connectivity index (χ2v) is 7.01. The molecule has 0 fully saturated rings. The molecule has 0 bridgehead atoms. The molecule has 1 heterocycles. The maximum absolute atomic E-state index is 13.6. The van der Waals surface area contributed by atoms with Gasteiger partial charge in [0.15, 0.2) is 4.90 Å². The lowest BCUT2D eigenvalue weighted by Gasteiger charge is -2.25. The van der Waals surface area contributed by atoms with Gasteiger partial charge in [0.2, 0.25) is 10.0 Å². The van der Waals surface area contributed by atoms with Crippen LogP contribution in [-0.4, -0.2) is 21.1 Å². The average molecular weight is 339 g/mol. The molecule has 1 aliphatic heterocycles. The van der Waals surface area contributed by atoms with Gasteiger partial charge >= 0.3 is 0 Å². The van der Waals surface area contributed by atoms with E-state index in [1.165, 1.54) is 0 Å². The molecule has 2 aromatic rings. The zero-order valence-electron chi connectivity index (χ0n) is 12.1. The smallest absolute Gasteiger partial charge is 0.246 e. The topological polar surface area (TPSA) is 55.4 Å². The minimum Gasteiger partial charge on any atom is -0.372 e. The Labute approximate surface area is 133 Å². The van der Waals surface area contributed by atoms with Crippen LogP contribution in [0.5, 0.6) is 0 Å². The molecule has 2 aromatic carbocycles. The number of hydrogen-bond acceptors (Lipinski definition) is 3. The summed E-state index contributed by atoms with van der Waals surface area (Å²) in [5.74, 6) is -2.24. The molecule has 0 aromatic heterocycles. The van der Waals surface area contributed by atoms with Gasteiger partial charge in [0.1, 0.15) is 11.6 Å². The standard InChI is InChI=1S/C16H15F2NO3S/c17-14-6-3-7-15(18)16(14)23(20,21)19-9-13-8-11-4-1-2-5-12(11)10-22-13/h1-7,13,19H,8-10H2. The highest BCUT2D eigenvalue weighted by Gasteiger charge is 2.26. The summed E-state index contributed by atoms with van der Waals surface area (Å²) in [5.41, 5.74) is 2.15. The molecular weight excluding hydrogens is 324 g/mol. The van der Waals surface area contributed by atoms with Gasteiger partial charge < -0.3 is 4.74 Å².